The van der Waals surface area contributed by atoms with Crippen molar-refractivity contribution in [2.75, 3.05) is 6.54 Å². The van der Waals surface area contributed by atoms with Gasteiger partial charge in [-0.15, -0.1) is 0 Å². The maximum atomic E-state index is 13.1. The highest BCUT2D eigenvalue weighted by Crippen LogP contribution is 2.49. The van der Waals surface area contributed by atoms with Crippen LogP contribution in [0.4, 0.5) is 22.0 Å². The zero-order valence-electron chi connectivity index (χ0n) is 9.42. The molecule has 1 atom stereocenters. The lowest BCUT2D eigenvalue weighted by molar-refractivity contribution is -0.166. The van der Waals surface area contributed by atoms with Gasteiger partial charge >= 0.3 is 6.18 Å². The number of halogens is 5. The van der Waals surface area contributed by atoms with E-state index in [9.17, 15) is 22.0 Å². The molecule has 0 bridgehead atoms. The minimum Gasteiger partial charge on any atom is -0.303 e. The van der Waals surface area contributed by atoms with E-state index in [1.165, 1.54) is 0 Å². The van der Waals surface area contributed by atoms with E-state index in [4.69, 9.17) is 0 Å². The number of hydrogen-bond acceptors (Lipinski definition) is 1. The number of rotatable bonds is 3. The van der Waals surface area contributed by atoms with Crippen LogP contribution >= 0.6 is 0 Å². The molecule has 0 aromatic carbocycles. The second-order valence-electron chi connectivity index (χ2n) is 5.28. The maximum Gasteiger partial charge on any atom is 0.406 e. The molecule has 0 aromatic rings. The van der Waals surface area contributed by atoms with Crippen LogP contribution in [-0.4, -0.2) is 24.2 Å². The molecule has 2 aliphatic carbocycles. The molecule has 2 saturated carbocycles. The molecule has 0 aromatic heterocycles. The summed E-state index contributed by atoms with van der Waals surface area (Å²) in [6.07, 6.45) is -3.54. The van der Waals surface area contributed by atoms with Crippen molar-refractivity contribution in [3.05, 3.63) is 0 Å². The second-order valence-corrected chi connectivity index (χ2v) is 5.28. The first-order chi connectivity index (χ1) is 7.74. The molecule has 1 nitrogen and oxygen atoms in total. The van der Waals surface area contributed by atoms with Gasteiger partial charge in [0.15, 0.2) is 0 Å². The van der Waals surface area contributed by atoms with Gasteiger partial charge in [-0.3, -0.25) is 0 Å². The van der Waals surface area contributed by atoms with Crippen molar-refractivity contribution in [1.29, 1.82) is 0 Å². The van der Waals surface area contributed by atoms with E-state index >= 15 is 0 Å². The van der Waals surface area contributed by atoms with Crippen LogP contribution in [-0.2, 0) is 0 Å². The van der Waals surface area contributed by atoms with Crippen LogP contribution in [0.25, 0.3) is 0 Å². The van der Waals surface area contributed by atoms with Gasteiger partial charge in [0, 0.05) is 12.8 Å². The summed E-state index contributed by atoms with van der Waals surface area (Å²) in [6.45, 7) is 0.0507. The molecule has 0 saturated heterocycles. The molecule has 1 unspecified atom stereocenters. The molecule has 2 fully saturated rings. The van der Waals surface area contributed by atoms with Gasteiger partial charge < -0.3 is 5.32 Å². The van der Waals surface area contributed by atoms with Crippen molar-refractivity contribution >= 4 is 0 Å². The smallest absolute Gasteiger partial charge is 0.303 e. The average Bonchev–Trinajstić information content (AvgIpc) is 2.92. The summed E-state index contributed by atoms with van der Waals surface area (Å²) in [5, 5.41) is 2.46. The lowest BCUT2D eigenvalue weighted by Crippen LogP contribution is -2.47. The zero-order valence-corrected chi connectivity index (χ0v) is 9.42. The SMILES string of the molecule is FC1(F)CCCC(CNC2(C(F)(F)F)CC2)C1. The molecule has 0 spiro atoms. The van der Waals surface area contributed by atoms with E-state index in [0.717, 1.165) is 0 Å². The molecular weight excluding hydrogens is 241 g/mol. The summed E-state index contributed by atoms with van der Waals surface area (Å²) in [7, 11) is 0. The largest absolute Gasteiger partial charge is 0.406 e. The fraction of sp³-hybridized carbons (Fsp3) is 1.00. The first-order valence-electron chi connectivity index (χ1n) is 5.94. The van der Waals surface area contributed by atoms with Crippen LogP contribution in [0.5, 0.6) is 0 Å². The molecule has 2 rings (SSSR count). The van der Waals surface area contributed by atoms with Gasteiger partial charge in [0.05, 0.1) is 0 Å². The molecule has 0 aliphatic heterocycles. The van der Waals surface area contributed by atoms with Crippen LogP contribution in [0.1, 0.15) is 38.5 Å². The van der Waals surface area contributed by atoms with Crippen molar-refractivity contribution in [2.45, 2.75) is 56.2 Å². The average molecular weight is 257 g/mol. The summed E-state index contributed by atoms with van der Waals surface area (Å²) in [5.41, 5.74) is -1.78. The van der Waals surface area contributed by atoms with Crippen molar-refractivity contribution < 1.29 is 22.0 Å². The number of nitrogens with one attached hydrogen (secondary N) is 1. The van der Waals surface area contributed by atoms with Crippen LogP contribution in [0, 0.1) is 5.92 Å². The number of hydrogen-bond donors (Lipinski definition) is 1. The van der Waals surface area contributed by atoms with Crippen LogP contribution in [0.15, 0.2) is 0 Å². The topological polar surface area (TPSA) is 12.0 Å². The molecule has 1 N–H and O–H groups in total. The highest BCUT2D eigenvalue weighted by Gasteiger charge is 2.63. The third-order valence-electron chi connectivity index (χ3n) is 3.76. The van der Waals surface area contributed by atoms with E-state index in [2.05, 4.69) is 5.32 Å². The molecule has 100 valence electrons. The first kappa shape index (κ1) is 13.1. The summed E-state index contributed by atoms with van der Waals surface area (Å²) in [5.74, 6) is -3.03. The van der Waals surface area contributed by atoms with E-state index in [-0.39, 0.29) is 38.1 Å². The Bertz CT molecular complexity index is 282. The Balaban J connectivity index is 1.83. The summed E-state index contributed by atoms with van der Waals surface area (Å²) >= 11 is 0. The van der Waals surface area contributed by atoms with Gasteiger partial charge in [-0.05, 0) is 38.1 Å². The lowest BCUT2D eigenvalue weighted by Gasteiger charge is -2.31. The fourth-order valence-corrected chi connectivity index (χ4v) is 2.48. The quantitative estimate of drug-likeness (QED) is 0.763. The predicted molar refractivity (Wildman–Crippen MR) is 52.9 cm³/mol. The van der Waals surface area contributed by atoms with Gasteiger partial charge in [-0.2, -0.15) is 13.2 Å². The first-order valence-corrected chi connectivity index (χ1v) is 5.94. The Kier molecular flexibility index (Phi) is 3.13. The van der Waals surface area contributed by atoms with Crippen molar-refractivity contribution in [2.24, 2.45) is 5.92 Å². The summed E-state index contributed by atoms with van der Waals surface area (Å²) in [6, 6.07) is 0. The third-order valence-corrected chi connectivity index (χ3v) is 3.76. The minimum atomic E-state index is -4.26. The van der Waals surface area contributed by atoms with Gasteiger partial charge in [0.1, 0.15) is 5.54 Å². The summed E-state index contributed by atoms with van der Waals surface area (Å²) < 4.78 is 63.9. The normalized spacial score (nSPS) is 31.2. The molecule has 0 amide bonds. The Labute approximate surface area is 96.8 Å². The van der Waals surface area contributed by atoms with E-state index in [0.29, 0.717) is 12.8 Å². The van der Waals surface area contributed by atoms with Gasteiger partial charge in [-0.1, -0.05) is 0 Å². The van der Waals surface area contributed by atoms with E-state index < -0.39 is 17.6 Å². The molecule has 0 heterocycles. The number of alkyl halides is 5. The Morgan fingerprint density at radius 2 is 1.76 bits per heavy atom. The second kappa shape index (κ2) is 4.07. The Morgan fingerprint density at radius 1 is 1.12 bits per heavy atom. The molecule has 6 heteroatoms. The highest BCUT2D eigenvalue weighted by molar-refractivity contribution is 5.08. The lowest BCUT2D eigenvalue weighted by atomic mass is 9.86. The van der Waals surface area contributed by atoms with Crippen molar-refractivity contribution in [1.82, 2.24) is 5.32 Å². The Hall–Kier alpha value is -0.390. The van der Waals surface area contributed by atoms with Gasteiger partial charge in [0.2, 0.25) is 5.92 Å². The molecule has 2 aliphatic rings. The Morgan fingerprint density at radius 3 is 2.24 bits per heavy atom. The monoisotopic (exact) mass is 257 g/mol. The van der Waals surface area contributed by atoms with E-state index in [1.807, 2.05) is 0 Å². The predicted octanol–water partition coefficient (Wildman–Crippen LogP) is 3.50. The minimum absolute atomic E-state index is 0.0507. The van der Waals surface area contributed by atoms with Gasteiger partial charge in [0.25, 0.3) is 0 Å². The van der Waals surface area contributed by atoms with E-state index in [1.54, 1.807) is 0 Å². The summed E-state index contributed by atoms with van der Waals surface area (Å²) in [4.78, 5) is 0. The van der Waals surface area contributed by atoms with Gasteiger partial charge in [-0.25, -0.2) is 8.78 Å². The standard InChI is InChI=1S/C11H16F5N/c12-10(13)3-1-2-8(6-10)7-17-9(4-5-9)11(14,15)16/h8,17H,1-7H2. The molecule has 0 radical (unpaired) electrons. The molecular formula is C11H16F5N. The third kappa shape index (κ3) is 2.89. The zero-order chi connectivity index (χ0) is 12.7. The van der Waals surface area contributed by atoms with Crippen molar-refractivity contribution in [3.8, 4) is 0 Å². The fourth-order valence-electron chi connectivity index (χ4n) is 2.48. The van der Waals surface area contributed by atoms with Crippen molar-refractivity contribution in [3.63, 3.8) is 0 Å². The highest BCUT2D eigenvalue weighted by atomic mass is 19.4. The van der Waals surface area contributed by atoms with Crippen LogP contribution in [0.3, 0.4) is 0 Å². The van der Waals surface area contributed by atoms with Crippen LogP contribution in [0.2, 0.25) is 0 Å². The van der Waals surface area contributed by atoms with Crippen LogP contribution < -0.4 is 5.32 Å². The maximum absolute atomic E-state index is 13.1. The molecule has 17 heavy (non-hydrogen) atoms.